The number of carboxylic acid groups (broad SMARTS) is 1. The van der Waals surface area contributed by atoms with E-state index in [1.54, 1.807) is 12.1 Å². The number of para-hydroxylation sites is 1. The summed E-state index contributed by atoms with van der Waals surface area (Å²) < 4.78 is 5.76. The Bertz CT molecular complexity index is 367. The highest BCUT2D eigenvalue weighted by Crippen LogP contribution is 2.25. The topological polar surface area (TPSA) is 46.5 Å². The van der Waals surface area contributed by atoms with Crippen molar-refractivity contribution in [2.45, 2.75) is 39.7 Å². The van der Waals surface area contributed by atoms with Crippen LogP contribution in [-0.4, -0.2) is 17.2 Å². The second-order valence-electron chi connectivity index (χ2n) is 3.81. The minimum atomic E-state index is -0.940. The van der Waals surface area contributed by atoms with Crippen LogP contribution < -0.4 is 4.74 Å². The van der Waals surface area contributed by atoms with Gasteiger partial charge in [0.25, 0.3) is 0 Å². The highest BCUT2D eigenvalue weighted by molar-refractivity contribution is 5.91. The Morgan fingerprint density at radius 2 is 2.00 bits per heavy atom. The minimum absolute atomic E-state index is 0.0826. The second-order valence-corrected chi connectivity index (χ2v) is 3.81. The van der Waals surface area contributed by atoms with Crippen molar-refractivity contribution in [1.82, 2.24) is 0 Å². The summed E-state index contributed by atoms with van der Waals surface area (Å²) in [7, 11) is 0. The van der Waals surface area contributed by atoms with Crippen LogP contribution in [0.4, 0.5) is 0 Å². The molecule has 1 aromatic rings. The van der Waals surface area contributed by atoms with E-state index in [1.165, 1.54) is 0 Å². The summed E-state index contributed by atoms with van der Waals surface area (Å²) in [4.78, 5) is 11.1. The molecule has 1 rings (SSSR count). The molecular formula is C13H18O3. The van der Waals surface area contributed by atoms with Crippen molar-refractivity contribution in [3.63, 3.8) is 0 Å². The molecule has 0 aromatic heterocycles. The van der Waals surface area contributed by atoms with E-state index in [1.807, 2.05) is 26.8 Å². The van der Waals surface area contributed by atoms with Crippen LogP contribution in [-0.2, 0) is 0 Å². The van der Waals surface area contributed by atoms with Gasteiger partial charge < -0.3 is 9.84 Å². The Morgan fingerprint density at radius 3 is 2.50 bits per heavy atom. The van der Waals surface area contributed by atoms with Crippen molar-refractivity contribution < 1.29 is 14.6 Å². The zero-order chi connectivity index (χ0) is 12.1. The summed E-state index contributed by atoms with van der Waals surface area (Å²) in [6, 6.07) is 5.18. The molecular weight excluding hydrogens is 204 g/mol. The summed E-state index contributed by atoms with van der Waals surface area (Å²) in [5.74, 6) is -0.437. The first-order valence-corrected chi connectivity index (χ1v) is 5.59. The van der Waals surface area contributed by atoms with Gasteiger partial charge in [-0.1, -0.05) is 26.0 Å². The third-order valence-corrected chi connectivity index (χ3v) is 2.64. The first-order chi connectivity index (χ1) is 7.60. The molecule has 3 nitrogen and oxygen atoms in total. The molecule has 0 unspecified atom stereocenters. The molecule has 1 aromatic carbocycles. The van der Waals surface area contributed by atoms with E-state index in [2.05, 4.69) is 0 Å². The van der Waals surface area contributed by atoms with Crippen molar-refractivity contribution in [3.05, 3.63) is 29.3 Å². The summed E-state index contributed by atoms with van der Waals surface area (Å²) >= 11 is 0. The molecule has 16 heavy (non-hydrogen) atoms. The number of carboxylic acids is 1. The fraction of sp³-hybridized carbons (Fsp3) is 0.462. The molecule has 0 heterocycles. The number of hydrogen-bond donors (Lipinski definition) is 1. The number of carbonyl (C=O) groups is 1. The summed E-state index contributed by atoms with van der Waals surface area (Å²) in [6.07, 6.45) is 1.84. The van der Waals surface area contributed by atoms with Gasteiger partial charge in [-0.05, 0) is 31.4 Å². The number of aryl methyl sites for hydroxylation is 1. The molecule has 0 atom stereocenters. The fourth-order valence-electron chi connectivity index (χ4n) is 1.60. The summed E-state index contributed by atoms with van der Waals surface area (Å²) in [6.45, 7) is 5.93. The Hall–Kier alpha value is -1.51. The molecule has 0 bridgehead atoms. The third kappa shape index (κ3) is 2.75. The fourth-order valence-corrected chi connectivity index (χ4v) is 1.60. The average molecular weight is 222 g/mol. The molecule has 1 N–H and O–H groups in total. The number of ether oxygens (including phenoxy) is 1. The molecule has 0 aliphatic heterocycles. The van der Waals surface area contributed by atoms with E-state index >= 15 is 0 Å². The smallest absolute Gasteiger partial charge is 0.339 e. The van der Waals surface area contributed by atoms with Crippen LogP contribution in [0.1, 0.15) is 42.6 Å². The van der Waals surface area contributed by atoms with Crippen molar-refractivity contribution >= 4 is 5.97 Å². The van der Waals surface area contributed by atoms with Gasteiger partial charge in [-0.3, -0.25) is 0 Å². The average Bonchev–Trinajstić information content (AvgIpc) is 2.27. The number of benzene rings is 1. The maximum atomic E-state index is 11.1. The predicted molar refractivity (Wildman–Crippen MR) is 63.1 cm³/mol. The molecule has 88 valence electrons. The summed E-state index contributed by atoms with van der Waals surface area (Å²) in [5, 5.41) is 9.07. The molecule has 0 amide bonds. The van der Waals surface area contributed by atoms with Crippen molar-refractivity contribution in [2.75, 3.05) is 0 Å². The van der Waals surface area contributed by atoms with Crippen LogP contribution in [0, 0.1) is 6.92 Å². The van der Waals surface area contributed by atoms with E-state index < -0.39 is 5.97 Å². The molecule has 0 saturated heterocycles. The van der Waals surface area contributed by atoms with Gasteiger partial charge in [0.2, 0.25) is 0 Å². The predicted octanol–water partition coefficient (Wildman–Crippen LogP) is 3.26. The van der Waals surface area contributed by atoms with Gasteiger partial charge in [0.1, 0.15) is 11.3 Å². The normalized spacial score (nSPS) is 10.5. The Morgan fingerprint density at radius 1 is 1.38 bits per heavy atom. The van der Waals surface area contributed by atoms with Gasteiger partial charge in [0.05, 0.1) is 6.10 Å². The Balaban J connectivity index is 3.05. The van der Waals surface area contributed by atoms with E-state index in [0.717, 1.165) is 18.4 Å². The molecule has 0 radical (unpaired) electrons. The van der Waals surface area contributed by atoms with Crippen molar-refractivity contribution in [3.8, 4) is 5.75 Å². The van der Waals surface area contributed by atoms with Crippen LogP contribution in [0.25, 0.3) is 0 Å². The van der Waals surface area contributed by atoms with Crippen molar-refractivity contribution in [1.29, 1.82) is 0 Å². The highest BCUT2D eigenvalue weighted by atomic mass is 16.5. The van der Waals surface area contributed by atoms with Crippen molar-refractivity contribution in [2.24, 2.45) is 0 Å². The molecule has 3 heteroatoms. The largest absolute Gasteiger partial charge is 0.489 e. The maximum Gasteiger partial charge on any atom is 0.339 e. The lowest BCUT2D eigenvalue weighted by atomic mass is 10.1. The Kier molecular flexibility index (Phi) is 4.35. The molecule has 0 saturated carbocycles. The molecule has 0 aliphatic rings. The quantitative estimate of drug-likeness (QED) is 0.831. The van der Waals surface area contributed by atoms with Gasteiger partial charge in [-0.2, -0.15) is 0 Å². The molecule has 0 aliphatic carbocycles. The van der Waals surface area contributed by atoms with Gasteiger partial charge in [-0.15, -0.1) is 0 Å². The summed E-state index contributed by atoms with van der Waals surface area (Å²) in [5.41, 5.74) is 1.11. The zero-order valence-corrected chi connectivity index (χ0v) is 9.99. The monoisotopic (exact) mass is 222 g/mol. The SMILES string of the molecule is CCC(CC)Oc1c(C)cccc1C(=O)O. The van der Waals surface area contributed by atoms with Crippen LogP contribution in [0.3, 0.4) is 0 Å². The highest BCUT2D eigenvalue weighted by Gasteiger charge is 2.16. The van der Waals surface area contributed by atoms with E-state index in [9.17, 15) is 4.79 Å². The van der Waals surface area contributed by atoms with Gasteiger partial charge in [-0.25, -0.2) is 4.79 Å². The van der Waals surface area contributed by atoms with E-state index in [4.69, 9.17) is 9.84 Å². The van der Waals surface area contributed by atoms with Crippen LogP contribution >= 0.6 is 0 Å². The second kappa shape index (κ2) is 5.54. The lowest BCUT2D eigenvalue weighted by molar-refractivity contribution is 0.0688. The van der Waals surface area contributed by atoms with Gasteiger partial charge in [0.15, 0.2) is 0 Å². The molecule has 0 fully saturated rings. The van der Waals surface area contributed by atoms with Gasteiger partial charge in [0, 0.05) is 0 Å². The first-order valence-electron chi connectivity index (χ1n) is 5.59. The van der Waals surface area contributed by atoms with E-state index in [-0.39, 0.29) is 11.7 Å². The number of rotatable bonds is 5. The maximum absolute atomic E-state index is 11.1. The van der Waals surface area contributed by atoms with Gasteiger partial charge >= 0.3 is 5.97 Å². The van der Waals surface area contributed by atoms with Crippen LogP contribution in [0.2, 0.25) is 0 Å². The first kappa shape index (κ1) is 12.6. The third-order valence-electron chi connectivity index (χ3n) is 2.64. The van der Waals surface area contributed by atoms with E-state index in [0.29, 0.717) is 5.75 Å². The molecule has 0 spiro atoms. The van der Waals surface area contributed by atoms with Crippen LogP contribution in [0.15, 0.2) is 18.2 Å². The standard InChI is InChI=1S/C13H18O3/c1-4-10(5-2)16-12-9(3)7-6-8-11(12)13(14)15/h6-8,10H,4-5H2,1-3H3,(H,14,15). The minimum Gasteiger partial charge on any atom is -0.489 e. The van der Waals surface area contributed by atoms with Crippen LogP contribution in [0.5, 0.6) is 5.75 Å². The lowest BCUT2D eigenvalue weighted by Gasteiger charge is -2.18. The Labute approximate surface area is 96.1 Å². The lowest BCUT2D eigenvalue weighted by Crippen LogP contribution is -2.16. The zero-order valence-electron chi connectivity index (χ0n) is 9.99. The number of hydrogen-bond acceptors (Lipinski definition) is 2. The number of aromatic carboxylic acids is 1.